The smallest absolute Gasteiger partial charge is 0.249 e. The minimum atomic E-state index is -4.16. The zero-order valence-electron chi connectivity index (χ0n) is 19.9. The van der Waals surface area contributed by atoms with Crippen molar-refractivity contribution < 1.29 is 18.0 Å². The number of carbonyl (C=O) groups is 2. The summed E-state index contributed by atoms with van der Waals surface area (Å²) in [5, 5.41) is 0. The van der Waals surface area contributed by atoms with Gasteiger partial charge < -0.3 is 4.90 Å². The Kier molecular flexibility index (Phi) is 7.39. The molecule has 0 amide bonds. The Labute approximate surface area is 198 Å². The molecule has 2 fully saturated rings. The number of Topliss-reactive ketones (excluding diaryl/α,β-unsaturated/α-hetero) is 2. The number of fused-ring (bicyclic) bond motifs is 1. The first-order chi connectivity index (χ1) is 15.9. The second-order valence-corrected chi connectivity index (χ2v) is 11.3. The maximum Gasteiger partial charge on any atom is 0.249 e. The van der Waals surface area contributed by atoms with Gasteiger partial charge >= 0.3 is 0 Å². The Hall–Kier alpha value is -1.99. The maximum atomic E-state index is 14.5. The standard InChI is InChI=1S/C26H36N2O4S/c1-3-27(4-2)23-24(29)21-17-11-12-18-22(21)25(30)26(23)33(31,32)28(19-13-7-5-8-14-19)20-15-9-6-10-16-20/h11-12,17-20H,3-10,13-16H2,1-2H3. The van der Waals surface area contributed by atoms with E-state index in [1.165, 1.54) is 0 Å². The van der Waals surface area contributed by atoms with E-state index in [-0.39, 0.29) is 34.0 Å². The van der Waals surface area contributed by atoms with Crippen LogP contribution in [0.5, 0.6) is 0 Å². The van der Waals surface area contributed by atoms with Gasteiger partial charge in [0, 0.05) is 36.3 Å². The third kappa shape index (κ3) is 4.42. The summed E-state index contributed by atoms with van der Waals surface area (Å²) in [6, 6.07) is 6.42. The SMILES string of the molecule is CCN(CC)C1=C(S(=O)(=O)N(C2CCCCC2)C2CCCCC2)C(=O)c2ccccc2C1=O. The normalized spacial score (nSPS) is 20.9. The van der Waals surface area contributed by atoms with Crippen LogP contribution in [0.1, 0.15) is 98.8 Å². The highest BCUT2D eigenvalue weighted by Gasteiger charge is 2.47. The molecule has 0 saturated heterocycles. The minimum absolute atomic E-state index is 0.0559. The number of benzene rings is 1. The highest BCUT2D eigenvalue weighted by atomic mass is 32.2. The van der Waals surface area contributed by atoms with Crippen LogP contribution in [0.3, 0.4) is 0 Å². The third-order valence-corrected chi connectivity index (χ3v) is 9.58. The molecule has 0 atom stereocenters. The van der Waals surface area contributed by atoms with Crippen LogP contribution in [0.4, 0.5) is 0 Å². The van der Waals surface area contributed by atoms with E-state index in [1.807, 2.05) is 13.8 Å². The Morgan fingerprint density at radius 1 is 0.758 bits per heavy atom. The van der Waals surface area contributed by atoms with Crippen molar-refractivity contribution in [2.24, 2.45) is 0 Å². The van der Waals surface area contributed by atoms with Crippen molar-refractivity contribution in [2.45, 2.75) is 90.1 Å². The fourth-order valence-corrected chi connectivity index (χ4v) is 8.10. The first-order valence-corrected chi connectivity index (χ1v) is 14.1. The van der Waals surface area contributed by atoms with Crippen LogP contribution < -0.4 is 0 Å². The largest absolute Gasteiger partial charge is 0.368 e. The fraction of sp³-hybridized carbons (Fsp3) is 0.615. The van der Waals surface area contributed by atoms with Crippen molar-refractivity contribution in [2.75, 3.05) is 13.1 Å². The molecule has 0 aromatic heterocycles. The molecule has 4 rings (SSSR count). The van der Waals surface area contributed by atoms with Crippen LogP contribution in [0.2, 0.25) is 0 Å². The zero-order chi connectivity index (χ0) is 23.6. The molecule has 180 valence electrons. The summed E-state index contributed by atoms with van der Waals surface area (Å²) in [5.74, 6) is -0.900. The van der Waals surface area contributed by atoms with Crippen LogP contribution in [0.15, 0.2) is 34.9 Å². The van der Waals surface area contributed by atoms with E-state index in [4.69, 9.17) is 0 Å². The first-order valence-electron chi connectivity index (χ1n) is 12.6. The average molecular weight is 473 g/mol. The highest BCUT2D eigenvalue weighted by molar-refractivity contribution is 7.94. The molecule has 6 nitrogen and oxygen atoms in total. The predicted octanol–water partition coefficient (Wildman–Crippen LogP) is 4.92. The zero-order valence-corrected chi connectivity index (χ0v) is 20.7. The molecule has 0 spiro atoms. The number of allylic oxidation sites excluding steroid dienone is 2. The molecule has 0 radical (unpaired) electrons. The lowest BCUT2D eigenvalue weighted by Gasteiger charge is -2.41. The third-order valence-electron chi connectivity index (χ3n) is 7.54. The fourth-order valence-electron chi connectivity index (χ4n) is 5.87. The molecular weight excluding hydrogens is 436 g/mol. The monoisotopic (exact) mass is 472 g/mol. The lowest BCUT2D eigenvalue weighted by Crippen LogP contribution is -2.51. The minimum Gasteiger partial charge on any atom is -0.368 e. The van der Waals surface area contributed by atoms with Gasteiger partial charge in [-0.05, 0) is 39.5 Å². The molecule has 3 aliphatic carbocycles. The number of hydrogen-bond acceptors (Lipinski definition) is 5. The van der Waals surface area contributed by atoms with Gasteiger partial charge in [-0.3, -0.25) is 9.59 Å². The second kappa shape index (κ2) is 10.1. The molecule has 0 bridgehead atoms. The number of rotatable bonds is 7. The maximum absolute atomic E-state index is 14.5. The molecule has 2 saturated carbocycles. The molecule has 0 heterocycles. The van der Waals surface area contributed by atoms with E-state index in [0.29, 0.717) is 18.7 Å². The van der Waals surface area contributed by atoms with Gasteiger partial charge in [0.05, 0.1) is 0 Å². The van der Waals surface area contributed by atoms with Crippen molar-refractivity contribution in [3.05, 3.63) is 46.0 Å². The molecule has 1 aromatic rings. The summed E-state index contributed by atoms with van der Waals surface area (Å²) in [4.78, 5) is 28.8. The van der Waals surface area contributed by atoms with Crippen LogP contribution >= 0.6 is 0 Å². The van der Waals surface area contributed by atoms with Crippen molar-refractivity contribution in [1.82, 2.24) is 9.21 Å². The van der Waals surface area contributed by atoms with Gasteiger partial charge in [-0.1, -0.05) is 62.8 Å². The highest BCUT2D eigenvalue weighted by Crippen LogP contribution is 2.39. The van der Waals surface area contributed by atoms with Gasteiger partial charge in [0.2, 0.25) is 21.6 Å². The lowest BCUT2D eigenvalue weighted by molar-refractivity contribution is 0.0947. The number of nitrogens with zero attached hydrogens (tertiary/aromatic N) is 2. The molecule has 0 unspecified atom stereocenters. The number of sulfonamides is 1. The van der Waals surface area contributed by atoms with E-state index in [2.05, 4.69) is 0 Å². The molecule has 0 N–H and O–H groups in total. The molecule has 1 aromatic carbocycles. The van der Waals surface area contributed by atoms with E-state index in [1.54, 1.807) is 33.5 Å². The number of ketones is 2. The summed E-state index contributed by atoms with van der Waals surface area (Å²) < 4.78 is 30.6. The molecule has 33 heavy (non-hydrogen) atoms. The van der Waals surface area contributed by atoms with Crippen LogP contribution in [-0.4, -0.2) is 54.4 Å². The van der Waals surface area contributed by atoms with Crippen molar-refractivity contribution >= 4 is 21.6 Å². The predicted molar refractivity (Wildman–Crippen MR) is 130 cm³/mol. The summed E-state index contributed by atoms with van der Waals surface area (Å²) in [5.41, 5.74) is 0.551. The van der Waals surface area contributed by atoms with Gasteiger partial charge in [0.25, 0.3) is 0 Å². The summed E-state index contributed by atoms with van der Waals surface area (Å²) in [6.45, 7) is 4.69. The number of likely N-dealkylation sites (N-methyl/N-ethyl adjacent to an activating group) is 1. The summed E-state index contributed by atoms with van der Waals surface area (Å²) >= 11 is 0. The van der Waals surface area contributed by atoms with Gasteiger partial charge in [0.1, 0.15) is 5.70 Å². The molecule has 3 aliphatic rings. The molecule has 7 heteroatoms. The van der Waals surface area contributed by atoms with Crippen LogP contribution in [0.25, 0.3) is 0 Å². The van der Waals surface area contributed by atoms with Crippen LogP contribution in [-0.2, 0) is 10.0 Å². The van der Waals surface area contributed by atoms with Crippen molar-refractivity contribution in [3.8, 4) is 0 Å². The number of carbonyl (C=O) groups excluding carboxylic acids is 2. The average Bonchev–Trinajstić information content (AvgIpc) is 2.84. The quantitative estimate of drug-likeness (QED) is 0.563. The number of hydrogen-bond donors (Lipinski definition) is 0. The topological polar surface area (TPSA) is 74.8 Å². The van der Waals surface area contributed by atoms with Gasteiger partial charge in [-0.15, -0.1) is 0 Å². The Bertz CT molecular complexity index is 1010. The Balaban J connectivity index is 1.90. The second-order valence-electron chi connectivity index (χ2n) is 9.47. The molecular formula is C26H36N2O4S. The van der Waals surface area contributed by atoms with Crippen molar-refractivity contribution in [3.63, 3.8) is 0 Å². The van der Waals surface area contributed by atoms with E-state index >= 15 is 0 Å². The summed E-state index contributed by atoms with van der Waals surface area (Å²) in [6.07, 6.45) is 9.53. The van der Waals surface area contributed by atoms with Crippen LogP contribution in [0, 0.1) is 0 Å². The van der Waals surface area contributed by atoms with Gasteiger partial charge in [-0.25, -0.2) is 8.42 Å². The van der Waals surface area contributed by atoms with E-state index < -0.39 is 15.8 Å². The van der Waals surface area contributed by atoms with Gasteiger partial charge in [-0.2, -0.15) is 4.31 Å². The van der Waals surface area contributed by atoms with Gasteiger partial charge in [0.15, 0.2) is 4.91 Å². The first kappa shape index (κ1) is 24.1. The summed E-state index contributed by atoms with van der Waals surface area (Å²) in [7, 11) is -4.16. The Morgan fingerprint density at radius 3 is 1.67 bits per heavy atom. The Morgan fingerprint density at radius 2 is 1.21 bits per heavy atom. The van der Waals surface area contributed by atoms with E-state index in [9.17, 15) is 18.0 Å². The van der Waals surface area contributed by atoms with Crippen molar-refractivity contribution in [1.29, 1.82) is 0 Å². The molecule has 0 aliphatic heterocycles. The lowest BCUT2D eigenvalue weighted by atomic mass is 9.91. The van der Waals surface area contributed by atoms with E-state index in [0.717, 1.165) is 64.2 Å².